The lowest BCUT2D eigenvalue weighted by molar-refractivity contribution is -0.385. The monoisotopic (exact) mass is 310 g/mol. The lowest BCUT2D eigenvalue weighted by Gasteiger charge is -2.32. The fourth-order valence-corrected chi connectivity index (χ4v) is 2.98. The first-order valence-corrected chi connectivity index (χ1v) is 7.40. The van der Waals surface area contributed by atoms with Crippen molar-refractivity contribution in [3.63, 3.8) is 0 Å². The number of hydrogen-bond donors (Lipinski definition) is 0. The van der Waals surface area contributed by atoms with Crippen LogP contribution in [0.5, 0.6) is 5.75 Å². The van der Waals surface area contributed by atoms with Crippen molar-refractivity contribution in [1.82, 2.24) is 4.90 Å². The summed E-state index contributed by atoms with van der Waals surface area (Å²) in [6.45, 7) is 0. The predicted octanol–water partition coefficient (Wildman–Crippen LogP) is 3.80. The third kappa shape index (κ3) is 2.90. The largest absolute Gasteiger partial charge is 0.497 e. The molecule has 3 rings (SSSR count). The minimum Gasteiger partial charge on any atom is -0.497 e. The first-order valence-electron chi connectivity index (χ1n) is 7.40. The van der Waals surface area contributed by atoms with E-state index in [9.17, 15) is 10.1 Å². The van der Waals surface area contributed by atoms with Crippen LogP contribution in [0.4, 0.5) is 5.69 Å². The second-order valence-corrected chi connectivity index (χ2v) is 5.58. The fourth-order valence-electron chi connectivity index (χ4n) is 2.98. The Morgan fingerprint density at radius 3 is 2.78 bits per heavy atom. The van der Waals surface area contributed by atoms with Gasteiger partial charge < -0.3 is 9.64 Å². The summed E-state index contributed by atoms with van der Waals surface area (Å²) >= 11 is 0. The predicted molar refractivity (Wildman–Crippen MR) is 89.3 cm³/mol. The Labute approximate surface area is 135 Å². The molecule has 0 bridgehead atoms. The molecule has 0 spiro atoms. The maximum Gasteiger partial charge on any atom is 0.272 e. The van der Waals surface area contributed by atoms with Gasteiger partial charge in [-0.15, -0.1) is 0 Å². The summed E-state index contributed by atoms with van der Waals surface area (Å²) in [5.41, 5.74) is 3.14. The topological polar surface area (TPSA) is 55.6 Å². The van der Waals surface area contributed by atoms with Gasteiger partial charge in [0.25, 0.3) is 5.69 Å². The van der Waals surface area contributed by atoms with Crippen LogP contribution in [0.2, 0.25) is 0 Å². The van der Waals surface area contributed by atoms with E-state index in [1.807, 2.05) is 25.4 Å². The number of nitro groups is 1. The summed E-state index contributed by atoms with van der Waals surface area (Å²) in [5.74, 6) is 0.632. The molecule has 0 amide bonds. The second kappa shape index (κ2) is 6.12. The number of methoxy groups -OCH3 is 1. The molecule has 118 valence electrons. The van der Waals surface area contributed by atoms with Gasteiger partial charge in [-0.1, -0.05) is 24.3 Å². The highest BCUT2D eigenvalue weighted by Gasteiger charge is 2.25. The van der Waals surface area contributed by atoms with Gasteiger partial charge in [0.15, 0.2) is 0 Å². The van der Waals surface area contributed by atoms with Gasteiger partial charge in [-0.25, -0.2) is 0 Å². The van der Waals surface area contributed by atoms with E-state index in [1.54, 1.807) is 19.2 Å². The Morgan fingerprint density at radius 1 is 1.26 bits per heavy atom. The summed E-state index contributed by atoms with van der Waals surface area (Å²) < 4.78 is 5.22. The van der Waals surface area contributed by atoms with Crippen molar-refractivity contribution in [2.75, 3.05) is 14.2 Å². The minimum absolute atomic E-state index is 0.0574. The van der Waals surface area contributed by atoms with E-state index in [-0.39, 0.29) is 16.7 Å². The highest BCUT2D eigenvalue weighted by Crippen LogP contribution is 2.35. The summed E-state index contributed by atoms with van der Waals surface area (Å²) in [7, 11) is 3.55. The van der Waals surface area contributed by atoms with Crippen molar-refractivity contribution >= 4 is 11.8 Å². The van der Waals surface area contributed by atoms with Gasteiger partial charge in [-0.2, -0.15) is 0 Å². The Balaban J connectivity index is 2.01. The number of benzene rings is 2. The van der Waals surface area contributed by atoms with Crippen LogP contribution in [0, 0.1) is 10.1 Å². The van der Waals surface area contributed by atoms with Gasteiger partial charge in [-0.3, -0.25) is 10.1 Å². The van der Waals surface area contributed by atoms with Gasteiger partial charge in [0.2, 0.25) is 0 Å². The van der Waals surface area contributed by atoms with Crippen molar-refractivity contribution in [1.29, 1.82) is 0 Å². The van der Waals surface area contributed by atoms with Crippen LogP contribution < -0.4 is 4.74 Å². The molecular weight excluding hydrogens is 292 g/mol. The number of rotatable bonds is 4. The van der Waals surface area contributed by atoms with E-state index in [2.05, 4.69) is 23.1 Å². The van der Waals surface area contributed by atoms with Gasteiger partial charge in [0.05, 0.1) is 18.1 Å². The van der Waals surface area contributed by atoms with Crippen LogP contribution in [0.15, 0.2) is 48.7 Å². The SMILES string of the molecule is COc1ccc([N+](=O)[O-])c(C[C@@H]2c3ccccc3C=CN2C)c1. The van der Waals surface area contributed by atoms with Crippen LogP contribution in [-0.2, 0) is 6.42 Å². The smallest absolute Gasteiger partial charge is 0.272 e. The van der Waals surface area contributed by atoms with Crippen LogP contribution in [-0.4, -0.2) is 24.0 Å². The maximum atomic E-state index is 11.3. The molecule has 0 fully saturated rings. The Hall–Kier alpha value is -2.82. The van der Waals surface area contributed by atoms with Crippen molar-refractivity contribution in [3.8, 4) is 5.75 Å². The number of nitro benzene ring substituents is 1. The van der Waals surface area contributed by atoms with Gasteiger partial charge in [-0.05, 0) is 35.5 Å². The fraction of sp³-hybridized carbons (Fsp3) is 0.222. The summed E-state index contributed by atoms with van der Waals surface area (Å²) in [4.78, 5) is 13.1. The molecule has 0 unspecified atom stereocenters. The lowest BCUT2D eigenvalue weighted by atomic mass is 9.91. The molecule has 2 aromatic carbocycles. The molecule has 0 aliphatic carbocycles. The van der Waals surface area contributed by atoms with E-state index in [4.69, 9.17) is 4.74 Å². The van der Waals surface area contributed by atoms with Crippen molar-refractivity contribution < 1.29 is 9.66 Å². The molecule has 1 aliphatic heterocycles. The number of ether oxygens (including phenoxy) is 1. The normalized spacial score (nSPS) is 16.1. The molecular formula is C18H18N2O3. The van der Waals surface area contributed by atoms with Crippen molar-refractivity contribution in [2.45, 2.75) is 12.5 Å². The summed E-state index contributed by atoms with van der Waals surface area (Å²) in [6.07, 6.45) is 4.62. The number of hydrogen-bond acceptors (Lipinski definition) is 4. The Morgan fingerprint density at radius 2 is 2.04 bits per heavy atom. The molecule has 23 heavy (non-hydrogen) atoms. The van der Waals surface area contributed by atoms with Crippen molar-refractivity contribution in [2.24, 2.45) is 0 Å². The number of likely N-dealkylation sites (N-methyl/N-ethyl adjacent to an activating group) is 1. The van der Waals surface area contributed by atoms with E-state index in [0.29, 0.717) is 17.7 Å². The number of fused-ring (bicyclic) bond motifs is 1. The third-order valence-corrected chi connectivity index (χ3v) is 4.23. The summed E-state index contributed by atoms with van der Waals surface area (Å²) in [5, 5.41) is 11.3. The molecule has 0 N–H and O–H groups in total. The lowest BCUT2D eigenvalue weighted by Crippen LogP contribution is -2.24. The highest BCUT2D eigenvalue weighted by molar-refractivity contribution is 5.57. The average molecular weight is 310 g/mol. The molecule has 0 saturated carbocycles. The van der Waals surface area contributed by atoms with Crippen LogP contribution in [0.1, 0.15) is 22.7 Å². The minimum atomic E-state index is -0.334. The summed E-state index contributed by atoms with van der Waals surface area (Å²) in [6, 6.07) is 13.1. The zero-order chi connectivity index (χ0) is 16.4. The highest BCUT2D eigenvalue weighted by atomic mass is 16.6. The van der Waals surface area contributed by atoms with E-state index in [1.165, 1.54) is 11.6 Å². The average Bonchev–Trinajstić information content (AvgIpc) is 2.57. The van der Waals surface area contributed by atoms with Crippen LogP contribution >= 0.6 is 0 Å². The number of nitrogens with zero attached hydrogens (tertiary/aromatic N) is 2. The van der Waals surface area contributed by atoms with Gasteiger partial charge in [0.1, 0.15) is 5.75 Å². The molecule has 0 saturated heterocycles. The third-order valence-electron chi connectivity index (χ3n) is 4.23. The Kier molecular flexibility index (Phi) is 4.02. The van der Waals surface area contributed by atoms with E-state index in [0.717, 1.165) is 5.56 Å². The van der Waals surface area contributed by atoms with Crippen LogP contribution in [0.3, 0.4) is 0 Å². The Bertz CT molecular complexity index is 771. The molecule has 0 aromatic heterocycles. The van der Waals surface area contributed by atoms with E-state index < -0.39 is 0 Å². The molecule has 1 heterocycles. The first-order chi connectivity index (χ1) is 11.1. The van der Waals surface area contributed by atoms with Gasteiger partial charge >= 0.3 is 0 Å². The zero-order valence-corrected chi connectivity index (χ0v) is 13.1. The van der Waals surface area contributed by atoms with Crippen LogP contribution in [0.25, 0.3) is 6.08 Å². The molecule has 2 aromatic rings. The second-order valence-electron chi connectivity index (χ2n) is 5.58. The molecule has 0 radical (unpaired) electrons. The maximum absolute atomic E-state index is 11.3. The molecule has 1 atom stereocenters. The van der Waals surface area contributed by atoms with Crippen molar-refractivity contribution in [3.05, 3.63) is 75.5 Å². The van der Waals surface area contributed by atoms with Gasteiger partial charge in [0, 0.05) is 25.1 Å². The van der Waals surface area contributed by atoms with E-state index >= 15 is 0 Å². The molecule has 1 aliphatic rings. The quantitative estimate of drug-likeness (QED) is 0.636. The molecule has 5 heteroatoms. The standard InChI is InChI=1S/C18H18N2O3/c1-19-10-9-13-5-3-4-6-16(13)18(19)12-14-11-15(23-2)7-8-17(14)20(21)22/h3-11,18H,12H2,1-2H3/t18-/m1/s1. The molecule has 5 nitrogen and oxygen atoms in total. The zero-order valence-electron chi connectivity index (χ0n) is 13.1. The first kappa shape index (κ1) is 15.1.